The van der Waals surface area contributed by atoms with E-state index in [0.717, 1.165) is 22.8 Å². The van der Waals surface area contributed by atoms with Crippen LogP contribution in [0.5, 0.6) is 5.75 Å². The van der Waals surface area contributed by atoms with Crippen molar-refractivity contribution in [1.82, 2.24) is 14.9 Å². The molecule has 42 heavy (non-hydrogen) atoms. The van der Waals surface area contributed by atoms with Gasteiger partial charge in [0.1, 0.15) is 11.8 Å². The fourth-order valence-electron chi connectivity index (χ4n) is 5.37. The van der Waals surface area contributed by atoms with Crippen molar-refractivity contribution in [2.45, 2.75) is 32.9 Å². The lowest BCUT2D eigenvalue weighted by molar-refractivity contribution is -0.123. The van der Waals surface area contributed by atoms with Crippen molar-refractivity contribution in [1.29, 1.82) is 0 Å². The molecule has 0 radical (unpaired) electrons. The number of amides is 1. The summed E-state index contributed by atoms with van der Waals surface area (Å²) < 4.78 is 7.96. The summed E-state index contributed by atoms with van der Waals surface area (Å²) in [5.74, 6) is 0.464. The molecule has 5 aromatic rings. The van der Waals surface area contributed by atoms with Gasteiger partial charge in [-0.25, -0.2) is 0 Å². The van der Waals surface area contributed by atoms with Gasteiger partial charge in [0, 0.05) is 40.9 Å². The van der Waals surface area contributed by atoms with E-state index in [-0.39, 0.29) is 18.0 Å². The van der Waals surface area contributed by atoms with E-state index in [2.05, 4.69) is 80.9 Å². The molecule has 7 nitrogen and oxygen atoms in total. The van der Waals surface area contributed by atoms with Gasteiger partial charge >= 0.3 is 0 Å². The van der Waals surface area contributed by atoms with Crippen LogP contribution in [0.4, 0.5) is 11.4 Å². The molecule has 212 valence electrons. The second kappa shape index (κ2) is 10.9. The average Bonchev–Trinajstić information content (AvgIpc) is 3.61. The summed E-state index contributed by atoms with van der Waals surface area (Å²) in [6.07, 6.45) is 3.89. The van der Waals surface area contributed by atoms with Gasteiger partial charge < -0.3 is 24.8 Å². The van der Waals surface area contributed by atoms with Gasteiger partial charge in [-0.1, -0.05) is 57.2 Å². The highest BCUT2D eigenvalue weighted by Gasteiger charge is 2.42. The molecule has 6 rings (SSSR count). The molecule has 0 spiro atoms. The minimum atomic E-state index is -0.542. The lowest BCUT2D eigenvalue weighted by Crippen LogP contribution is -2.30. The number of benzene rings is 3. The van der Waals surface area contributed by atoms with Crippen molar-refractivity contribution >= 4 is 45.4 Å². The average molecular weight is 576 g/mol. The van der Waals surface area contributed by atoms with Crippen LogP contribution in [0.3, 0.4) is 0 Å². The molecule has 1 aliphatic rings. The summed E-state index contributed by atoms with van der Waals surface area (Å²) in [5, 5.41) is 9.49. The van der Waals surface area contributed by atoms with Crippen LogP contribution in [0.2, 0.25) is 0 Å². The molecule has 0 bridgehead atoms. The topological polar surface area (TPSA) is 71.4 Å². The summed E-state index contributed by atoms with van der Waals surface area (Å²) in [7, 11) is 1.60. The summed E-state index contributed by atoms with van der Waals surface area (Å²) in [6, 6.07) is 30.3. The van der Waals surface area contributed by atoms with E-state index < -0.39 is 5.41 Å². The van der Waals surface area contributed by atoms with E-state index in [9.17, 15) is 4.79 Å². The lowest BCUT2D eigenvalue weighted by Gasteiger charge is -2.29. The van der Waals surface area contributed by atoms with E-state index in [4.69, 9.17) is 21.9 Å². The third-order valence-electron chi connectivity index (χ3n) is 7.59. The molecule has 3 heterocycles. The third-order valence-corrected chi connectivity index (χ3v) is 7.90. The molecule has 0 aliphatic carbocycles. The van der Waals surface area contributed by atoms with Gasteiger partial charge in [-0.05, 0) is 71.5 Å². The number of carbonyl (C=O) groups excluding carboxylic acids is 1. The highest BCUT2D eigenvalue weighted by molar-refractivity contribution is 7.80. The van der Waals surface area contributed by atoms with E-state index in [1.807, 2.05) is 57.2 Å². The van der Waals surface area contributed by atoms with Crippen LogP contribution in [-0.4, -0.2) is 27.7 Å². The molecular weight excluding hydrogens is 542 g/mol. The summed E-state index contributed by atoms with van der Waals surface area (Å²) in [5.41, 5.74) is 3.91. The highest BCUT2D eigenvalue weighted by Crippen LogP contribution is 2.44. The maximum atomic E-state index is 12.7. The molecule has 2 N–H and O–H groups in total. The van der Waals surface area contributed by atoms with Crippen LogP contribution >= 0.6 is 12.2 Å². The number of aromatic nitrogens is 2. The number of carbonyl (C=O) groups is 1. The van der Waals surface area contributed by atoms with Crippen LogP contribution in [0.1, 0.15) is 44.2 Å². The van der Waals surface area contributed by atoms with Crippen molar-refractivity contribution in [3.05, 3.63) is 115 Å². The van der Waals surface area contributed by atoms with Crippen LogP contribution < -0.4 is 20.3 Å². The number of ether oxygens (including phenoxy) is 1. The van der Waals surface area contributed by atoms with E-state index in [1.54, 1.807) is 13.3 Å². The van der Waals surface area contributed by atoms with Crippen molar-refractivity contribution < 1.29 is 9.53 Å². The monoisotopic (exact) mass is 575 g/mol. The fourth-order valence-corrected chi connectivity index (χ4v) is 5.72. The van der Waals surface area contributed by atoms with Crippen LogP contribution in [0.15, 0.2) is 103 Å². The number of thiocarbonyl (C=S) groups is 1. The second-order valence-electron chi connectivity index (χ2n) is 11.4. The molecular formula is C34H33N5O2S. The number of hydrogen-bond donors (Lipinski definition) is 2. The summed E-state index contributed by atoms with van der Waals surface area (Å²) >= 11 is 5.97. The van der Waals surface area contributed by atoms with Crippen molar-refractivity contribution in [3.8, 4) is 11.4 Å². The van der Waals surface area contributed by atoms with Gasteiger partial charge in [0.15, 0.2) is 5.11 Å². The molecule has 2 aromatic heterocycles. The molecule has 2 unspecified atom stereocenters. The minimum absolute atomic E-state index is 0.0896. The zero-order valence-corrected chi connectivity index (χ0v) is 24.9. The smallest absolute Gasteiger partial charge is 0.229 e. The maximum absolute atomic E-state index is 12.7. The summed E-state index contributed by atoms with van der Waals surface area (Å²) in [4.78, 5) is 19.5. The Bertz CT molecular complexity index is 1780. The Morgan fingerprint density at radius 2 is 1.69 bits per heavy atom. The number of anilines is 2. The predicted octanol–water partition coefficient (Wildman–Crippen LogP) is 7.20. The molecule has 3 aromatic carbocycles. The van der Waals surface area contributed by atoms with E-state index in [1.165, 1.54) is 10.8 Å². The highest BCUT2D eigenvalue weighted by atomic mass is 32.1. The number of methoxy groups -OCH3 is 1. The first kappa shape index (κ1) is 27.5. The molecule has 1 saturated heterocycles. The van der Waals surface area contributed by atoms with Gasteiger partial charge in [0.25, 0.3) is 0 Å². The third kappa shape index (κ3) is 5.10. The SMILES string of the molecule is COc1cc(N2C(=S)NC(c3ccccn3)C2c2cccn2-c2ccc3ccccc3c2)ccc1NC(=O)C(C)(C)C. The van der Waals surface area contributed by atoms with Crippen molar-refractivity contribution in [2.75, 3.05) is 17.3 Å². The van der Waals surface area contributed by atoms with E-state index >= 15 is 0 Å². The fraction of sp³-hybridized carbons (Fsp3) is 0.206. The largest absolute Gasteiger partial charge is 0.494 e. The van der Waals surface area contributed by atoms with Crippen molar-refractivity contribution in [2.24, 2.45) is 5.41 Å². The zero-order valence-electron chi connectivity index (χ0n) is 24.0. The van der Waals surface area contributed by atoms with Gasteiger partial charge in [0.2, 0.25) is 5.91 Å². The molecule has 0 saturated carbocycles. The Morgan fingerprint density at radius 3 is 2.43 bits per heavy atom. The van der Waals surface area contributed by atoms with Crippen LogP contribution in [0, 0.1) is 5.41 Å². The minimum Gasteiger partial charge on any atom is -0.494 e. The van der Waals surface area contributed by atoms with Gasteiger partial charge in [-0.2, -0.15) is 0 Å². The lowest BCUT2D eigenvalue weighted by atomic mass is 9.95. The number of rotatable bonds is 6. The number of nitrogens with zero attached hydrogens (tertiary/aromatic N) is 3. The Balaban J connectivity index is 1.46. The van der Waals surface area contributed by atoms with Crippen molar-refractivity contribution in [3.63, 3.8) is 0 Å². The first-order valence-electron chi connectivity index (χ1n) is 13.9. The number of pyridine rings is 1. The van der Waals surface area contributed by atoms with Crippen LogP contribution in [-0.2, 0) is 4.79 Å². The van der Waals surface area contributed by atoms with Crippen LogP contribution in [0.25, 0.3) is 16.5 Å². The second-order valence-corrected chi connectivity index (χ2v) is 11.8. The Morgan fingerprint density at radius 1 is 0.929 bits per heavy atom. The van der Waals surface area contributed by atoms with Gasteiger partial charge in [-0.3, -0.25) is 9.78 Å². The molecule has 1 aliphatic heterocycles. The maximum Gasteiger partial charge on any atom is 0.229 e. The molecule has 8 heteroatoms. The quantitative estimate of drug-likeness (QED) is 0.209. The van der Waals surface area contributed by atoms with Gasteiger partial charge in [-0.15, -0.1) is 0 Å². The number of fused-ring (bicyclic) bond motifs is 1. The normalized spacial score (nSPS) is 16.9. The Kier molecular flexibility index (Phi) is 7.16. The molecule has 2 atom stereocenters. The predicted molar refractivity (Wildman–Crippen MR) is 172 cm³/mol. The standard InChI is InChI=1S/C34H33N5O2S/c1-34(2,3)32(40)36-26-17-16-25(21-29(26)41-4)39-31(30(37-33(39)42)27-12-7-8-18-35-27)28-13-9-19-38(28)24-15-14-22-10-5-6-11-23(22)20-24/h5-21,30-31H,1-4H3,(H,36,40)(H,37,42). The first-order valence-corrected chi connectivity index (χ1v) is 14.3. The number of hydrogen-bond acceptors (Lipinski definition) is 4. The Labute approximate surface area is 251 Å². The first-order chi connectivity index (χ1) is 20.2. The Hall–Kier alpha value is -4.69. The van der Waals surface area contributed by atoms with E-state index in [0.29, 0.717) is 16.5 Å². The van der Waals surface area contributed by atoms with Gasteiger partial charge in [0.05, 0.1) is 24.5 Å². The number of nitrogens with one attached hydrogen (secondary N) is 2. The summed E-state index contributed by atoms with van der Waals surface area (Å²) in [6.45, 7) is 5.64. The molecule has 1 fully saturated rings. The molecule has 1 amide bonds. The zero-order chi connectivity index (χ0) is 29.4.